The fraction of sp³-hybridized carbons (Fsp3) is 1.00. The van der Waals surface area contributed by atoms with E-state index in [1.165, 1.54) is 4.31 Å². The summed E-state index contributed by atoms with van der Waals surface area (Å²) in [5.74, 6) is 1.08. The maximum atomic E-state index is 11.4. The fourth-order valence-electron chi connectivity index (χ4n) is 0.968. The Hall–Kier alpha value is 0.200. The van der Waals surface area contributed by atoms with Gasteiger partial charge in [0.25, 0.3) is 0 Å². The first kappa shape index (κ1) is 10.3. The molecule has 1 saturated carbocycles. The van der Waals surface area contributed by atoms with Crippen LogP contribution in [0.15, 0.2) is 0 Å². The number of rotatable bonds is 5. The van der Waals surface area contributed by atoms with E-state index in [0.717, 1.165) is 12.8 Å². The van der Waals surface area contributed by atoms with Crippen LogP contribution in [-0.2, 0) is 10.0 Å². The van der Waals surface area contributed by atoms with Crippen LogP contribution in [0.2, 0.25) is 0 Å². The highest BCUT2D eigenvalue weighted by molar-refractivity contribution is 7.89. The van der Waals surface area contributed by atoms with Crippen LogP contribution in [0.1, 0.15) is 12.8 Å². The molecule has 72 valence electrons. The molecule has 0 saturated heterocycles. The minimum absolute atomic E-state index is 0.306. The van der Waals surface area contributed by atoms with Crippen LogP contribution in [0.5, 0.6) is 0 Å². The zero-order valence-corrected chi connectivity index (χ0v) is 8.74. The lowest BCUT2D eigenvalue weighted by molar-refractivity contribution is 0.485. The Morgan fingerprint density at radius 2 is 2.08 bits per heavy atom. The highest BCUT2D eigenvalue weighted by Gasteiger charge is 2.29. The van der Waals surface area contributed by atoms with E-state index in [-0.39, 0.29) is 0 Å². The molecule has 0 atom stereocenters. The number of sulfonamides is 1. The van der Waals surface area contributed by atoms with Crippen LogP contribution in [0, 0.1) is 5.92 Å². The van der Waals surface area contributed by atoms with E-state index in [1.54, 1.807) is 7.05 Å². The third-order valence-corrected chi connectivity index (χ3v) is 4.21. The Bertz CT molecular complexity index is 236. The molecule has 1 aliphatic carbocycles. The molecule has 1 aliphatic rings. The van der Waals surface area contributed by atoms with Crippen LogP contribution in [0.4, 0.5) is 0 Å². The van der Waals surface area contributed by atoms with Crippen molar-refractivity contribution in [3.05, 3.63) is 0 Å². The molecular weight excluding hydrogens is 198 g/mol. The van der Waals surface area contributed by atoms with Crippen LogP contribution in [-0.4, -0.2) is 37.9 Å². The molecule has 0 aromatic rings. The molecule has 0 bridgehead atoms. The smallest absolute Gasteiger partial charge is 0.212 e. The van der Waals surface area contributed by atoms with Crippen molar-refractivity contribution in [2.24, 2.45) is 5.92 Å². The molecule has 1 rings (SSSR count). The molecular formula is C7H14ClNO2S. The molecule has 0 unspecified atom stereocenters. The first-order valence-corrected chi connectivity index (χ1v) is 6.20. The lowest BCUT2D eigenvalue weighted by Gasteiger charge is -2.14. The molecule has 0 aromatic carbocycles. The first-order valence-electron chi connectivity index (χ1n) is 4.06. The van der Waals surface area contributed by atoms with Gasteiger partial charge in [-0.3, -0.25) is 0 Å². The molecule has 5 heteroatoms. The number of alkyl halides is 1. The number of nitrogens with zero attached hydrogens (tertiary/aromatic N) is 1. The van der Waals surface area contributed by atoms with Gasteiger partial charge < -0.3 is 0 Å². The summed E-state index contributed by atoms with van der Waals surface area (Å²) >= 11 is 5.45. The molecule has 12 heavy (non-hydrogen) atoms. The van der Waals surface area contributed by atoms with Gasteiger partial charge in [-0.25, -0.2) is 12.7 Å². The SMILES string of the molecule is CN(CCCl)S(=O)(=O)CC1CC1. The Labute approximate surface area is 78.7 Å². The highest BCUT2D eigenvalue weighted by Crippen LogP contribution is 2.30. The summed E-state index contributed by atoms with van der Waals surface area (Å²) in [7, 11) is -1.43. The molecule has 3 nitrogen and oxygen atoms in total. The summed E-state index contributed by atoms with van der Waals surface area (Å²) in [6, 6.07) is 0. The van der Waals surface area contributed by atoms with Gasteiger partial charge in [0.2, 0.25) is 10.0 Å². The lowest BCUT2D eigenvalue weighted by atomic mass is 10.5. The predicted molar refractivity (Wildman–Crippen MR) is 49.9 cm³/mol. The van der Waals surface area contributed by atoms with E-state index in [0.29, 0.717) is 24.1 Å². The average molecular weight is 212 g/mol. The lowest BCUT2D eigenvalue weighted by Crippen LogP contribution is -2.31. The molecule has 0 N–H and O–H groups in total. The van der Waals surface area contributed by atoms with Crippen molar-refractivity contribution >= 4 is 21.6 Å². The zero-order chi connectivity index (χ0) is 9.19. The maximum Gasteiger partial charge on any atom is 0.214 e. The summed E-state index contributed by atoms with van der Waals surface area (Å²) in [5, 5.41) is 0. The zero-order valence-electron chi connectivity index (χ0n) is 7.16. The Kier molecular flexibility index (Phi) is 3.37. The number of hydrogen-bond donors (Lipinski definition) is 0. The van der Waals surface area contributed by atoms with Crippen LogP contribution >= 0.6 is 11.6 Å². The topological polar surface area (TPSA) is 37.4 Å². The van der Waals surface area contributed by atoms with E-state index in [9.17, 15) is 8.42 Å². The van der Waals surface area contributed by atoms with Crippen molar-refractivity contribution in [2.45, 2.75) is 12.8 Å². The van der Waals surface area contributed by atoms with Crippen molar-refractivity contribution < 1.29 is 8.42 Å². The summed E-state index contributed by atoms with van der Waals surface area (Å²) in [4.78, 5) is 0. The van der Waals surface area contributed by atoms with Gasteiger partial charge in [0.1, 0.15) is 0 Å². The second-order valence-corrected chi connectivity index (χ2v) is 5.73. The molecule has 0 heterocycles. The third kappa shape index (κ3) is 2.92. The van der Waals surface area contributed by atoms with Gasteiger partial charge in [0.15, 0.2) is 0 Å². The van der Waals surface area contributed by atoms with Crippen molar-refractivity contribution in [1.82, 2.24) is 4.31 Å². The van der Waals surface area contributed by atoms with Gasteiger partial charge in [-0.05, 0) is 18.8 Å². The van der Waals surface area contributed by atoms with Crippen LogP contribution in [0.25, 0.3) is 0 Å². The maximum absolute atomic E-state index is 11.4. The highest BCUT2D eigenvalue weighted by atomic mass is 35.5. The Morgan fingerprint density at radius 3 is 2.50 bits per heavy atom. The van der Waals surface area contributed by atoms with Crippen molar-refractivity contribution in [2.75, 3.05) is 25.2 Å². The molecule has 1 fully saturated rings. The minimum atomic E-state index is -3.01. The number of halogens is 1. The second-order valence-electron chi connectivity index (χ2n) is 3.23. The normalized spacial score (nSPS) is 18.6. The van der Waals surface area contributed by atoms with Crippen molar-refractivity contribution in [3.8, 4) is 0 Å². The third-order valence-electron chi connectivity index (χ3n) is 2.02. The van der Waals surface area contributed by atoms with Gasteiger partial charge in [0.05, 0.1) is 5.75 Å². The van der Waals surface area contributed by atoms with E-state index >= 15 is 0 Å². The first-order chi connectivity index (χ1) is 5.56. The monoisotopic (exact) mass is 211 g/mol. The van der Waals surface area contributed by atoms with Crippen LogP contribution in [0.3, 0.4) is 0 Å². The van der Waals surface area contributed by atoms with E-state index in [4.69, 9.17) is 11.6 Å². The minimum Gasteiger partial charge on any atom is -0.212 e. The number of hydrogen-bond acceptors (Lipinski definition) is 2. The fourth-order valence-corrected chi connectivity index (χ4v) is 2.87. The van der Waals surface area contributed by atoms with Gasteiger partial charge in [-0.1, -0.05) is 0 Å². The van der Waals surface area contributed by atoms with Gasteiger partial charge >= 0.3 is 0 Å². The molecule has 0 radical (unpaired) electrons. The quantitative estimate of drug-likeness (QED) is 0.634. The van der Waals surface area contributed by atoms with Crippen molar-refractivity contribution in [1.29, 1.82) is 0 Å². The average Bonchev–Trinajstić information content (AvgIpc) is 2.71. The molecule has 0 aliphatic heterocycles. The van der Waals surface area contributed by atoms with E-state index < -0.39 is 10.0 Å². The summed E-state index contributed by atoms with van der Waals surface area (Å²) < 4.78 is 24.2. The summed E-state index contributed by atoms with van der Waals surface area (Å²) in [5.41, 5.74) is 0. The summed E-state index contributed by atoms with van der Waals surface area (Å²) in [6.07, 6.45) is 2.13. The van der Waals surface area contributed by atoms with E-state index in [1.807, 2.05) is 0 Å². The Balaban J connectivity index is 2.44. The Morgan fingerprint density at radius 1 is 1.50 bits per heavy atom. The van der Waals surface area contributed by atoms with Crippen molar-refractivity contribution in [3.63, 3.8) is 0 Å². The molecule has 0 spiro atoms. The van der Waals surface area contributed by atoms with Gasteiger partial charge in [-0.15, -0.1) is 11.6 Å². The standard InChI is InChI=1S/C7H14ClNO2S/c1-9(5-4-8)12(10,11)6-7-2-3-7/h7H,2-6H2,1H3. The predicted octanol–water partition coefficient (Wildman–Crippen LogP) is 0.897. The molecule has 0 aromatic heterocycles. The van der Waals surface area contributed by atoms with Crippen LogP contribution < -0.4 is 0 Å². The van der Waals surface area contributed by atoms with Gasteiger partial charge in [-0.2, -0.15) is 0 Å². The second kappa shape index (κ2) is 3.94. The van der Waals surface area contributed by atoms with Gasteiger partial charge in [0, 0.05) is 19.5 Å². The molecule has 0 amide bonds. The van der Waals surface area contributed by atoms with E-state index in [2.05, 4.69) is 0 Å². The largest absolute Gasteiger partial charge is 0.214 e. The summed E-state index contributed by atoms with van der Waals surface area (Å²) in [6.45, 7) is 0.413.